The molecule has 3 rings (SSSR count). The average Bonchev–Trinajstić information content (AvgIpc) is 3.28. The fourth-order valence-corrected chi connectivity index (χ4v) is 3.76. The lowest BCUT2D eigenvalue weighted by Crippen LogP contribution is -2.02. The van der Waals surface area contributed by atoms with Crippen LogP contribution in [0.1, 0.15) is 50.3 Å². The van der Waals surface area contributed by atoms with Gasteiger partial charge in [-0.05, 0) is 61.1 Å². The predicted molar refractivity (Wildman–Crippen MR) is 150 cm³/mol. The molecule has 0 aliphatic carbocycles. The molecule has 0 aliphatic heterocycles. The van der Waals surface area contributed by atoms with Crippen LogP contribution in [0.15, 0.2) is 72.0 Å². The minimum atomic E-state index is 0.612. The first-order valence-electron chi connectivity index (χ1n) is 12.3. The van der Waals surface area contributed by atoms with Crippen LogP contribution < -0.4 is 5.73 Å². The number of rotatable bonds is 10. The smallest absolute Gasteiger partial charge is 0.0890 e. The molecule has 0 amide bonds. The van der Waals surface area contributed by atoms with Gasteiger partial charge in [0.25, 0.3) is 0 Å². The van der Waals surface area contributed by atoms with Gasteiger partial charge in [-0.1, -0.05) is 57.2 Å². The molecular formula is C30H37N5. The summed E-state index contributed by atoms with van der Waals surface area (Å²) in [4.78, 5) is 9.71. The van der Waals surface area contributed by atoms with Crippen LogP contribution >= 0.6 is 0 Å². The molecule has 0 aliphatic rings. The minimum absolute atomic E-state index is 0.612. The number of nitrogens with two attached hydrogens (primary N) is 1. The van der Waals surface area contributed by atoms with E-state index in [0.717, 1.165) is 53.2 Å². The van der Waals surface area contributed by atoms with Crippen LogP contribution in [0.5, 0.6) is 0 Å². The summed E-state index contributed by atoms with van der Waals surface area (Å²) in [6.07, 6.45) is 15.8. The Balaban J connectivity index is 2.06. The Labute approximate surface area is 209 Å². The van der Waals surface area contributed by atoms with Crippen molar-refractivity contribution in [1.29, 1.82) is 0 Å². The maximum Gasteiger partial charge on any atom is 0.0890 e. The molecule has 5 nitrogen and oxygen atoms in total. The highest BCUT2D eigenvalue weighted by atomic mass is 15.3. The maximum atomic E-state index is 6.07. The van der Waals surface area contributed by atoms with Gasteiger partial charge in [-0.25, -0.2) is 4.98 Å². The van der Waals surface area contributed by atoms with Crippen molar-refractivity contribution in [3.63, 3.8) is 0 Å². The molecule has 0 fully saturated rings. The van der Waals surface area contributed by atoms with Gasteiger partial charge in [0.2, 0.25) is 0 Å². The molecular weight excluding hydrogens is 430 g/mol. The van der Waals surface area contributed by atoms with Crippen molar-refractivity contribution in [2.45, 2.75) is 40.5 Å². The van der Waals surface area contributed by atoms with Gasteiger partial charge in [0.1, 0.15) is 0 Å². The van der Waals surface area contributed by atoms with Gasteiger partial charge < -0.3 is 5.73 Å². The van der Waals surface area contributed by atoms with E-state index < -0.39 is 0 Å². The van der Waals surface area contributed by atoms with Gasteiger partial charge in [0.15, 0.2) is 0 Å². The lowest BCUT2D eigenvalue weighted by Gasteiger charge is -2.14. The van der Waals surface area contributed by atoms with Crippen LogP contribution in [-0.2, 0) is 7.05 Å². The predicted octanol–water partition coefficient (Wildman–Crippen LogP) is 6.85. The first-order chi connectivity index (χ1) is 16.9. The second-order valence-electron chi connectivity index (χ2n) is 9.04. The maximum absolute atomic E-state index is 6.07. The molecule has 0 spiro atoms. The zero-order chi connectivity index (χ0) is 25.2. The van der Waals surface area contributed by atoms with Crippen molar-refractivity contribution in [2.24, 2.45) is 23.7 Å². The summed E-state index contributed by atoms with van der Waals surface area (Å²) in [6, 6.07) is 12.5. The molecule has 182 valence electrons. The third kappa shape index (κ3) is 6.89. The molecule has 3 aromatic rings. The number of aryl methyl sites for hydroxylation is 2. The Morgan fingerprint density at radius 1 is 1.14 bits per heavy atom. The summed E-state index contributed by atoms with van der Waals surface area (Å²) in [5.74, 6) is 0.612. The average molecular weight is 468 g/mol. The molecule has 0 saturated heterocycles. The van der Waals surface area contributed by atoms with Crippen LogP contribution in [-0.4, -0.2) is 27.5 Å². The highest BCUT2D eigenvalue weighted by Crippen LogP contribution is 2.31. The molecule has 2 N–H and O–H groups in total. The Hall–Kier alpha value is -3.73. The standard InChI is InChI=1S/C30H37N5/c1-6-7-8-9-10-24-11-12-25(19-23(24)4)30-27(26(20-31)21-32-17-15-22(2)3)13-14-28(34-30)29-16-18-33-35(29)5/h7-14,16,18-22H,6,15,17,31H2,1-5H3/b8-7+,10-9-,26-20+,32-21?. The van der Waals surface area contributed by atoms with Crippen molar-refractivity contribution >= 4 is 17.9 Å². The Morgan fingerprint density at radius 2 is 1.97 bits per heavy atom. The molecule has 0 bridgehead atoms. The summed E-state index contributed by atoms with van der Waals surface area (Å²) in [6.45, 7) is 9.45. The number of nitrogens with zero attached hydrogens (tertiary/aromatic N) is 4. The summed E-state index contributed by atoms with van der Waals surface area (Å²) >= 11 is 0. The highest BCUT2D eigenvalue weighted by molar-refractivity contribution is 6.11. The van der Waals surface area contributed by atoms with Crippen LogP contribution in [0.2, 0.25) is 0 Å². The van der Waals surface area contributed by atoms with E-state index in [9.17, 15) is 0 Å². The van der Waals surface area contributed by atoms with E-state index in [0.29, 0.717) is 5.92 Å². The topological polar surface area (TPSA) is 69.1 Å². The van der Waals surface area contributed by atoms with E-state index in [1.807, 2.05) is 30.1 Å². The van der Waals surface area contributed by atoms with Crippen molar-refractivity contribution < 1.29 is 0 Å². The second-order valence-corrected chi connectivity index (χ2v) is 9.04. The quantitative estimate of drug-likeness (QED) is 0.262. The zero-order valence-corrected chi connectivity index (χ0v) is 21.6. The van der Waals surface area contributed by atoms with Crippen molar-refractivity contribution in [3.05, 3.63) is 83.7 Å². The van der Waals surface area contributed by atoms with Gasteiger partial charge >= 0.3 is 0 Å². The molecule has 2 aromatic heterocycles. The molecule has 1 aromatic carbocycles. The van der Waals surface area contributed by atoms with E-state index in [1.54, 1.807) is 12.4 Å². The summed E-state index contributed by atoms with van der Waals surface area (Å²) in [7, 11) is 1.93. The van der Waals surface area contributed by atoms with Crippen LogP contribution in [0, 0.1) is 12.8 Å². The van der Waals surface area contributed by atoms with E-state index in [4.69, 9.17) is 10.7 Å². The minimum Gasteiger partial charge on any atom is -0.404 e. The van der Waals surface area contributed by atoms with Gasteiger partial charge in [0.05, 0.1) is 17.1 Å². The molecule has 0 saturated carbocycles. The van der Waals surface area contributed by atoms with Crippen LogP contribution in [0.3, 0.4) is 0 Å². The first-order valence-corrected chi connectivity index (χ1v) is 12.3. The number of pyridine rings is 1. The third-order valence-corrected chi connectivity index (χ3v) is 5.84. The van der Waals surface area contributed by atoms with Crippen molar-refractivity contribution in [1.82, 2.24) is 14.8 Å². The highest BCUT2D eigenvalue weighted by Gasteiger charge is 2.15. The SMILES string of the molecule is CC/C=C/C=C\c1ccc(-c2nc(-c3ccnn3C)ccc2/C(C=NCCC(C)C)=C/N)cc1C. The summed E-state index contributed by atoms with van der Waals surface area (Å²) in [5, 5.41) is 4.31. The number of allylic oxidation sites excluding steroid dienone is 4. The number of hydrogen-bond donors (Lipinski definition) is 1. The van der Waals surface area contributed by atoms with E-state index >= 15 is 0 Å². The Kier molecular flexibility index (Phi) is 9.36. The van der Waals surface area contributed by atoms with Gasteiger partial charge in [-0.2, -0.15) is 5.10 Å². The number of hydrogen-bond acceptors (Lipinski definition) is 4. The zero-order valence-electron chi connectivity index (χ0n) is 21.6. The molecule has 35 heavy (non-hydrogen) atoms. The third-order valence-electron chi connectivity index (χ3n) is 5.84. The van der Waals surface area contributed by atoms with E-state index in [-0.39, 0.29) is 0 Å². The molecule has 0 unspecified atom stereocenters. The van der Waals surface area contributed by atoms with Crippen LogP contribution in [0.25, 0.3) is 34.3 Å². The number of aromatic nitrogens is 3. The molecule has 0 atom stereocenters. The normalized spacial score (nSPS) is 12.7. The second kappa shape index (κ2) is 12.7. The summed E-state index contributed by atoms with van der Waals surface area (Å²) < 4.78 is 1.84. The number of benzene rings is 1. The largest absolute Gasteiger partial charge is 0.404 e. The van der Waals surface area contributed by atoms with Gasteiger partial charge in [-0.3, -0.25) is 9.67 Å². The first kappa shape index (κ1) is 25.9. The Bertz CT molecular complexity index is 1240. The summed E-state index contributed by atoms with van der Waals surface area (Å²) in [5.41, 5.74) is 14.0. The molecule has 5 heteroatoms. The monoisotopic (exact) mass is 467 g/mol. The van der Waals surface area contributed by atoms with Gasteiger partial charge in [-0.15, -0.1) is 0 Å². The van der Waals surface area contributed by atoms with E-state index in [1.165, 1.54) is 11.1 Å². The fraction of sp³-hybridized carbons (Fsp3) is 0.300. The van der Waals surface area contributed by atoms with Crippen molar-refractivity contribution in [2.75, 3.05) is 6.54 Å². The lowest BCUT2D eigenvalue weighted by molar-refractivity contribution is 0.598. The van der Waals surface area contributed by atoms with Gasteiger partial charge in [0, 0.05) is 48.9 Å². The Morgan fingerprint density at radius 3 is 2.63 bits per heavy atom. The fourth-order valence-electron chi connectivity index (χ4n) is 3.76. The molecule has 2 heterocycles. The van der Waals surface area contributed by atoms with Crippen LogP contribution in [0.4, 0.5) is 0 Å². The lowest BCUT2D eigenvalue weighted by atomic mass is 9.96. The van der Waals surface area contributed by atoms with E-state index in [2.05, 4.69) is 86.4 Å². The van der Waals surface area contributed by atoms with Crippen molar-refractivity contribution in [3.8, 4) is 22.6 Å². The number of aliphatic imine (C=N–C) groups is 1. The molecule has 0 radical (unpaired) electrons.